The van der Waals surface area contributed by atoms with Crippen LogP contribution in [0.15, 0.2) is 199 Å². The van der Waals surface area contributed by atoms with Crippen LogP contribution in [0.25, 0.3) is 102 Å². The molecule has 0 aliphatic carbocycles. The van der Waals surface area contributed by atoms with Gasteiger partial charge >= 0.3 is 0 Å². The summed E-state index contributed by atoms with van der Waals surface area (Å²) in [5.74, 6) is 0. The van der Waals surface area contributed by atoms with Crippen LogP contribution in [0, 0.1) is 0 Å². The molecule has 0 radical (unpaired) electrons. The lowest BCUT2D eigenvalue weighted by Gasteiger charge is -2.26. The number of para-hydroxylation sites is 2. The number of furan rings is 1. The Morgan fingerprint density at radius 2 is 0.931 bits per heavy atom. The zero-order chi connectivity index (χ0) is 37.9. The first kappa shape index (κ1) is 31.8. The van der Waals surface area contributed by atoms with Gasteiger partial charge in [-0.3, -0.25) is 0 Å². The van der Waals surface area contributed by atoms with Crippen molar-refractivity contribution >= 4 is 125 Å². The van der Waals surface area contributed by atoms with Crippen molar-refractivity contribution in [2.24, 2.45) is 0 Å². The smallest absolute Gasteiger partial charge is 0.136 e. The van der Waals surface area contributed by atoms with E-state index in [9.17, 15) is 0 Å². The van der Waals surface area contributed by atoms with E-state index in [1.165, 1.54) is 74.3 Å². The van der Waals surface area contributed by atoms with E-state index in [2.05, 4.69) is 204 Å². The lowest BCUT2D eigenvalue weighted by atomic mass is 9.93. The fraction of sp³-hybridized carbons (Fsp3) is 0. The molecular formula is C54H32N2OS. The van der Waals surface area contributed by atoms with E-state index in [0.717, 1.165) is 44.7 Å². The molecule has 4 heteroatoms. The Balaban J connectivity index is 1.09. The molecule has 0 atom stereocenters. The lowest BCUT2D eigenvalue weighted by Crippen LogP contribution is -2.10. The second kappa shape index (κ2) is 12.1. The van der Waals surface area contributed by atoms with Crippen LogP contribution in [0.1, 0.15) is 0 Å². The van der Waals surface area contributed by atoms with Gasteiger partial charge < -0.3 is 13.9 Å². The number of hydrogen-bond acceptors (Lipinski definition) is 3. The SMILES string of the molecule is c1ccc(-n2c3ccccc3c3cc(N(c4ccc5oc6cc7c8ccccc8c8ccccc8c7cc6c5c4)c4cccc5c4sc4ccccc45)ccc32)cc1. The second-order valence-corrected chi connectivity index (χ2v) is 16.3. The number of hydrogen-bond donors (Lipinski definition) is 0. The number of anilines is 3. The van der Waals surface area contributed by atoms with Crippen molar-refractivity contribution in [1.29, 1.82) is 0 Å². The summed E-state index contributed by atoms with van der Waals surface area (Å²) in [6, 6.07) is 70.7. The molecule has 0 bridgehead atoms. The second-order valence-electron chi connectivity index (χ2n) is 15.2. The largest absolute Gasteiger partial charge is 0.456 e. The molecular weight excluding hydrogens is 725 g/mol. The number of benzene rings is 10. The molecule has 0 saturated heterocycles. The van der Waals surface area contributed by atoms with Crippen LogP contribution < -0.4 is 4.90 Å². The molecule has 13 rings (SSSR count). The van der Waals surface area contributed by atoms with Crippen LogP contribution in [-0.4, -0.2) is 4.57 Å². The van der Waals surface area contributed by atoms with Gasteiger partial charge in [0.25, 0.3) is 0 Å². The molecule has 270 valence electrons. The molecule has 10 aromatic carbocycles. The van der Waals surface area contributed by atoms with E-state index in [1.54, 1.807) is 0 Å². The average molecular weight is 757 g/mol. The Hall–Kier alpha value is -7.40. The minimum atomic E-state index is 0.879. The fourth-order valence-electron chi connectivity index (χ4n) is 9.59. The van der Waals surface area contributed by atoms with Gasteiger partial charge in [0.15, 0.2) is 0 Å². The minimum absolute atomic E-state index is 0.879. The Kier molecular flexibility index (Phi) is 6.60. The van der Waals surface area contributed by atoms with E-state index < -0.39 is 0 Å². The Bertz CT molecular complexity index is 3810. The minimum Gasteiger partial charge on any atom is -0.456 e. The van der Waals surface area contributed by atoms with Gasteiger partial charge in [0.2, 0.25) is 0 Å². The molecule has 0 saturated carbocycles. The van der Waals surface area contributed by atoms with E-state index in [-0.39, 0.29) is 0 Å². The highest BCUT2D eigenvalue weighted by Gasteiger charge is 2.22. The van der Waals surface area contributed by atoms with Crippen LogP contribution in [0.3, 0.4) is 0 Å². The summed E-state index contributed by atoms with van der Waals surface area (Å²) in [7, 11) is 0. The standard InChI is InChI=1S/C54H32N2OS/c1-2-13-33(14-3-1)56-48-22-10-8-19-40(48)45-29-34(25-27-49(45)56)55(50-23-12-21-42-41-20-9-11-24-53(41)58-54(42)50)35-26-28-51-46(30-35)47-31-43-38-17-6-4-15-36(38)37-16-5-7-18-39(37)44(43)32-52(47)57-51/h1-32H. The summed E-state index contributed by atoms with van der Waals surface area (Å²) in [6.45, 7) is 0. The molecule has 0 amide bonds. The summed E-state index contributed by atoms with van der Waals surface area (Å²) in [5.41, 5.74) is 8.63. The predicted octanol–water partition coefficient (Wildman–Crippen LogP) is 16.0. The van der Waals surface area contributed by atoms with Gasteiger partial charge in [0, 0.05) is 54.1 Å². The van der Waals surface area contributed by atoms with Gasteiger partial charge in [-0.05, 0) is 111 Å². The van der Waals surface area contributed by atoms with E-state index in [1.807, 2.05) is 11.3 Å². The Labute approximate surface area is 336 Å². The Morgan fingerprint density at radius 1 is 0.362 bits per heavy atom. The van der Waals surface area contributed by atoms with Gasteiger partial charge in [-0.1, -0.05) is 115 Å². The lowest BCUT2D eigenvalue weighted by molar-refractivity contribution is 0.669. The number of rotatable bonds is 4. The molecule has 13 aromatic rings. The van der Waals surface area contributed by atoms with Crippen molar-refractivity contribution in [3.05, 3.63) is 194 Å². The van der Waals surface area contributed by atoms with Crippen molar-refractivity contribution in [2.45, 2.75) is 0 Å². The van der Waals surface area contributed by atoms with Crippen molar-refractivity contribution in [2.75, 3.05) is 4.90 Å². The molecule has 0 spiro atoms. The number of thiophene rings is 1. The fourth-order valence-corrected chi connectivity index (χ4v) is 10.8. The zero-order valence-corrected chi connectivity index (χ0v) is 32.0. The Morgan fingerprint density at radius 3 is 1.71 bits per heavy atom. The molecule has 0 aliphatic rings. The van der Waals surface area contributed by atoms with Crippen LogP contribution in [-0.2, 0) is 0 Å². The summed E-state index contributed by atoms with van der Waals surface area (Å²) in [4.78, 5) is 2.45. The van der Waals surface area contributed by atoms with Gasteiger partial charge in [-0.15, -0.1) is 11.3 Å². The molecule has 0 aliphatic heterocycles. The first-order valence-electron chi connectivity index (χ1n) is 19.8. The van der Waals surface area contributed by atoms with Crippen LogP contribution in [0.2, 0.25) is 0 Å². The number of aromatic nitrogens is 1. The number of fused-ring (bicyclic) bond motifs is 15. The van der Waals surface area contributed by atoms with Crippen molar-refractivity contribution in [1.82, 2.24) is 4.57 Å². The third-order valence-electron chi connectivity index (χ3n) is 12.1. The zero-order valence-electron chi connectivity index (χ0n) is 31.2. The van der Waals surface area contributed by atoms with E-state index in [0.29, 0.717) is 0 Å². The average Bonchev–Trinajstić information content (AvgIpc) is 3.96. The molecule has 0 fully saturated rings. The van der Waals surface area contributed by atoms with Gasteiger partial charge in [0.05, 0.1) is 21.4 Å². The first-order valence-corrected chi connectivity index (χ1v) is 20.6. The van der Waals surface area contributed by atoms with Crippen LogP contribution in [0.4, 0.5) is 17.1 Å². The highest BCUT2D eigenvalue weighted by molar-refractivity contribution is 7.26. The number of nitrogens with zero attached hydrogens (tertiary/aromatic N) is 2. The summed E-state index contributed by atoms with van der Waals surface area (Å²) in [5, 5.41) is 14.7. The summed E-state index contributed by atoms with van der Waals surface area (Å²) in [6.07, 6.45) is 0. The maximum Gasteiger partial charge on any atom is 0.136 e. The molecule has 3 nitrogen and oxygen atoms in total. The van der Waals surface area contributed by atoms with Gasteiger partial charge in [-0.25, -0.2) is 0 Å². The normalized spacial score (nSPS) is 12.1. The van der Waals surface area contributed by atoms with Gasteiger partial charge in [0.1, 0.15) is 11.2 Å². The summed E-state index contributed by atoms with van der Waals surface area (Å²) >= 11 is 1.86. The maximum atomic E-state index is 6.71. The van der Waals surface area contributed by atoms with E-state index in [4.69, 9.17) is 4.42 Å². The molecule has 3 heterocycles. The predicted molar refractivity (Wildman–Crippen MR) is 248 cm³/mol. The van der Waals surface area contributed by atoms with Crippen LogP contribution in [0.5, 0.6) is 0 Å². The first-order chi connectivity index (χ1) is 28.8. The van der Waals surface area contributed by atoms with E-state index >= 15 is 0 Å². The molecule has 58 heavy (non-hydrogen) atoms. The van der Waals surface area contributed by atoms with Crippen molar-refractivity contribution < 1.29 is 4.42 Å². The quantitative estimate of drug-likeness (QED) is 0.167. The molecule has 0 unspecified atom stereocenters. The highest BCUT2D eigenvalue weighted by atomic mass is 32.1. The third kappa shape index (κ3) is 4.49. The monoisotopic (exact) mass is 756 g/mol. The van der Waals surface area contributed by atoms with Crippen LogP contribution >= 0.6 is 11.3 Å². The van der Waals surface area contributed by atoms with Crippen molar-refractivity contribution in [3.8, 4) is 5.69 Å². The third-order valence-corrected chi connectivity index (χ3v) is 13.3. The molecule has 0 N–H and O–H groups in total. The molecule has 3 aromatic heterocycles. The van der Waals surface area contributed by atoms with Gasteiger partial charge in [-0.2, -0.15) is 0 Å². The van der Waals surface area contributed by atoms with Crippen molar-refractivity contribution in [3.63, 3.8) is 0 Å². The summed E-state index contributed by atoms with van der Waals surface area (Å²) < 4.78 is 11.6. The maximum absolute atomic E-state index is 6.71. The topological polar surface area (TPSA) is 21.3 Å². The highest BCUT2D eigenvalue weighted by Crippen LogP contribution is 2.48.